The first-order valence-electron chi connectivity index (χ1n) is 6.63. The van der Waals surface area contributed by atoms with Gasteiger partial charge in [0.25, 0.3) is 5.91 Å². The van der Waals surface area contributed by atoms with Crippen LogP contribution in [0.3, 0.4) is 0 Å². The molecule has 0 aromatic heterocycles. The second kappa shape index (κ2) is 6.31. The third-order valence-corrected chi connectivity index (χ3v) is 3.30. The van der Waals surface area contributed by atoms with Gasteiger partial charge in [-0.25, -0.2) is 8.78 Å². The molecule has 0 aliphatic rings. The molecule has 1 aromatic carbocycles. The Morgan fingerprint density at radius 3 is 2.40 bits per heavy atom. The molecule has 0 spiro atoms. The first-order chi connectivity index (χ1) is 9.16. The van der Waals surface area contributed by atoms with Crippen molar-refractivity contribution in [2.24, 2.45) is 11.1 Å². The quantitative estimate of drug-likeness (QED) is 0.893. The van der Waals surface area contributed by atoms with Gasteiger partial charge in [-0.15, -0.1) is 0 Å². The molecule has 0 bridgehead atoms. The van der Waals surface area contributed by atoms with Crippen molar-refractivity contribution in [3.8, 4) is 0 Å². The number of nitrogens with one attached hydrogen (secondary N) is 1. The Morgan fingerprint density at radius 1 is 1.30 bits per heavy atom. The van der Waals surface area contributed by atoms with Crippen molar-refractivity contribution in [1.29, 1.82) is 0 Å². The second-order valence-electron chi connectivity index (χ2n) is 6.05. The Labute approximate surface area is 118 Å². The molecule has 0 aliphatic carbocycles. The predicted octanol–water partition coefficient (Wildman–Crippen LogP) is 2.77. The van der Waals surface area contributed by atoms with E-state index in [0.29, 0.717) is 13.0 Å². The van der Waals surface area contributed by atoms with Crippen molar-refractivity contribution >= 4 is 5.91 Å². The maximum absolute atomic E-state index is 13.7. The van der Waals surface area contributed by atoms with Crippen molar-refractivity contribution in [3.63, 3.8) is 0 Å². The molecule has 1 rings (SSSR count). The largest absolute Gasteiger partial charge is 0.349 e. The highest BCUT2D eigenvalue weighted by molar-refractivity contribution is 5.94. The molecule has 1 amide bonds. The molecule has 1 unspecified atom stereocenters. The minimum absolute atomic E-state index is 0.143. The summed E-state index contributed by atoms with van der Waals surface area (Å²) in [4.78, 5) is 12.1. The van der Waals surface area contributed by atoms with E-state index in [1.807, 2.05) is 20.8 Å². The maximum Gasteiger partial charge on any atom is 0.254 e. The van der Waals surface area contributed by atoms with E-state index in [1.54, 1.807) is 0 Å². The molecule has 0 saturated carbocycles. The predicted molar refractivity (Wildman–Crippen MR) is 75.5 cm³/mol. The summed E-state index contributed by atoms with van der Waals surface area (Å²) in [5.74, 6) is -2.06. The fraction of sp³-hybridized carbons (Fsp3) is 0.533. The van der Waals surface area contributed by atoms with E-state index in [4.69, 9.17) is 5.73 Å². The molecule has 0 saturated heterocycles. The summed E-state index contributed by atoms with van der Waals surface area (Å²) in [7, 11) is 0. The number of hydrogen-bond donors (Lipinski definition) is 2. The Hall–Kier alpha value is -1.49. The molecule has 1 aromatic rings. The van der Waals surface area contributed by atoms with Crippen LogP contribution >= 0.6 is 0 Å². The van der Waals surface area contributed by atoms with Crippen LogP contribution in [0, 0.1) is 24.0 Å². The van der Waals surface area contributed by atoms with E-state index in [2.05, 4.69) is 5.32 Å². The lowest BCUT2D eigenvalue weighted by molar-refractivity contribution is 0.0894. The topological polar surface area (TPSA) is 55.1 Å². The van der Waals surface area contributed by atoms with Gasteiger partial charge >= 0.3 is 0 Å². The zero-order valence-corrected chi connectivity index (χ0v) is 12.4. The van der Waals surface area contributed by atoms with Gasteiger partial charge in [-0.05, 0) is 36.9 Å². The number of nitrogens with two attached hydrogens (primary N) is 1. The third kappa shape index (κ3) is 4.00. The van der Waals surface area contributed by atoms with Crippen LogP contribution < -0.4 is 11.1 Å². The summed E-state index contributed by atoms with van der Waals surface area (Å²) < 4.78 is 26.9. The molecule has 20 heavy (non-hydrogen) atoms. The fourth-order valence-corrected chi connectivity index (χ4v) is 1.96. The molecule has 0 heterocycles. The number of halogens is 2. The van der Waals surface area contributed by atoms with Crippen molar-refractivity contribution < 1.29 is 13.6 Å². The van der Waals surface area contributed by atoms with Gasteiger partial charge in [0.15, 0.2) is 0 Å². The molecule has 112 valence electrons. The van der Waals surface area contributed by atoms with E-state index in [0.717, 1.165) is 6.07 Å². The lowest BCUT2D eigenvalue weighted by Gasteiger charge is -2.31. The number of hydrogen-bond acceptors (Lipinski definition) is 2. The van der Waals surface area contributed by atoms with Gasteiger partial charge in [0.05, 0.1) is 5.56 Å². The highest BCUT2D eigenvalue weighted by Crippen LogP contribution is 2.22. The lowest BCUT2D eigenvalue weighted by Crippen LogP contribution is -2.45. The fourth-order valence-electron chi connectivity index (χ4n) is 1.96. The zero-order chi connectivity index (χ0) is 15.5. The van der Waals surface area contributed by atoms with E-state index >= 15 is 0 Å². The summed E-state index contributed by atoms with van der Waals surface area (Å²) in [5.41, 5.74) is 5.44. The average molecular weight is 284 g/mol. The molecule has 0 aliphatic heterocycles. The molecular formula is C15H22F2N2O. The van der Waals surface area contributed by atoms with Crippen LogP contribution in [-0.4, -0.2) is 18.5 Å². The SMILES string of the molecule is Cc1cc(C(=O)NC(CCN)C(C)(C)C)c(F)cc1F. The monoisotopic (exact) mass is 284 g/mol. The smallest absolute Gasteiger partial charge is 0.254 e. The second-order valence-corrected chi connectivity index (χ2v) is 6.05. The molecule has 5 heteroatoms. The van der Waals surface area contributed by atoms with Crippen molar-refractivity contribution in [1.82, 2.24) is 5.32 Å². The molecule has 0 fully saturated rings. The van der Waals surface area contributed by atoms with Crippen molar-refractivity contribution in [2.75, 3.05) is 6.54 Å². The van der Waals surface area contributed by atoms with Crippen LogP contribution in [0.15, 0.2) is 12.1 Å². The molecular weight excluding hydrogens is 262 g/mol. The highest BCUT2D eigenvalue weighted by Gasteiger charge is 2.27. The van der Waals surface area contributed by atoms with Crippen LogP contribution in [0.25, 0.3) is 0 Å². The highest BCUT2D eigenvalue weighted by atomic mass is 19.1. The summed E-state index contributed by atoms with van der Waals surface area (Å²) in [5, 5.41) is 2.78. The van der Waals surface area contributed by atoms with Crippen LogP contribution in [0.2, 0.25) is 0 Å². The van der Waals surface area contributed by atoms with Crippen LogP contribution in [-0.2, 0) is 0 Å². The molecule has 3 nitrogen and oxygen atoms in total. The van der Waals surface area contributed by atoms with Crippen molar-refractivity contribution in [3.05, 3.63) is 34.9 Å². The number of carbonyl (C=O) groups excluding carboxylic acids is 1. The summed E-state index contributed by atoms with van der Waals surface area (Å²) >= 11 is 0. The normalized spacial score (nSPS) is 13.2. The van der Waals surface area contributed by atoms with E-state index < -0.39 is 17.5 Å². The van der Waals surface area contributed by atoms with Crippen LogP contribution in [0.5, 0.6) is 0 Å². The van der Waals surface area contributed by atoms with Gasteiger partial charge in [0.2, 0.25) is 0 Å². The van der Waals surface area contributed by atoms with Gasteiger partial charge in [-0.1, -0.05) is 20.8 Å². The van der Waals surface area contributed by atoms with Gasteiger partial charge in [0, 0.05) is 12.1 Å². The minimum atomic E-state index is -0.856. The van der Waals surface area contributed by atoms with Crippen LogP contribution in [0.4, 0.5) is 8.78 Å². The van der Waals surface area contributed by atoms with E-state index in [-0.39, 0.29) is 22.6 Å². The maximum atomic E-state index is 13.7. The Kier molecular flexibility index (Phi) is 5.22. The number of benzene rings is 1. The van der Waals surface area contributed by atoms with Crippen molar-refractivity contribution in [2.45, 2.75) is 40.2 Å². The summed E-state index contributed by atoms with van der Waals surface area (Å²) in [6, 6.07) is 1.78. The molecule has 0 radical (unpaired) electrons. The minimum Gasteiger partial charge on any atom is -0.349 e. The Morgan fingerprint density at radius 2 is 1.90 bits per heavy atom. The number of carbonyl (C=O) groups is 1. The van der Waals surface area contributed by atoms with Gasteiger partial charge in [-0.2, -0.15) is 0 Å². The number of aryl methyl sites for hydroxylation is 1. The number of amides is 1. The zero-order valence-electron chi connectivity index (χ0n) is 12.4. The van der Waals surface area contributed by atoms with E-state index in [1.165, 1.54) is 13.0 Å². The first-order valence-corrected chi connectivity index (χ1v) is 6.63. The number of rotatable bonds is 4. The van der Waals surface area contributed by atoms with Gasteiger partial charge < -0.3 is 11.1 Å². The lowest BCUT2D eigenvalue weighted by atomic mass is 9.84. The van der Waals surface area contributed by atoms with Crippen LogP contribution in [0.1, 0.15) is 43.1 Å². The Bertz CT molecular complexity index is 495. The molecule has 1 atom stereocenters. The third-order valence-electron chi connectivity index (χ3n) is 3.30. The summed E-state index contributed by atoms with van der Waals surface area (Å²) in [6.45, 7) is 7.83. The Balaban J connectivity index is 2.98. The standard InChI is InChI=1S/C15H22F2N2O/c1-9-7-10(12(17)8-11(9)16)14(20)19-13(5-6-18)15(2,3)4/h7-8,13H,5-6,18H2,1-4H3,(H,19,20). The molecule has 3 N–H and O–H groups in total. The average Bonchev–Trinajstić information content (AvgIpc) is 2.32. The first kappa shape index (κ1) is 16.6. The van der Waals surface area contributed by atoms with Gasteiger partial charge in [0.1, 0.15) is 11.6 Å². The summed E-state index contributed by atoms with van der Waals surface area (Å²) in [6.07, 6.45) is 0.594. The van der Waals surface area contributed by atoms with Gasteiger partial charge in [-0.3, -0.25) is 4.79 Å². The van der Waals surface area contributed by atoms with E-state index in [9.17, 15) is 13.6 Å².